The van der Waals surface area contributed by atoms with Gasteiger partial charge in [-0.15, -0.1) is 0 Å². The third kappa shape index (κ3) is 3.72. The molecular formula is C22H22FNO3. The molecule has 27 heavy (non-hydrogen) atoms. The van der Waals surface area contributed by atoms with Crippen LogP contribution < -0.4 is 0 Å². The number of phenols is 1. The number of nitrogens with zero attached hydrogens (tertiary/aromatic N) is 1. The average Bonchev–Trinajstić information content (AvgIpc) is 3.48. The smallest absolute Gasteiger partial charge is 0.226 e. The fourth-order valence-electron chi connectivity index (χ4n) is 4.03. The SMILES string of the molecule is O=C(c1ccc(O)cc1)C1CCN(C(=O)C2CC2c2cccc(F)c2)CC1. The van der Waals surface area contributed by atoms with Crippen LogP contribution >= 0.6 is 0 Å². The summed E-state index contributed by atoms with van der Waals surface area (Å²) in [4.78, 5) is 27.2. The van der Waals surface area contributed by atoms with Crippen molar-refractivity contribution in [2.75, 3.05) is 13.1 Å². The Hall–Kier alpha value is -2.69. The minimum absolute atomic E-state index is 0.0591. The Balaban J connectivity index is 1.32. The highest BCUT2D eigenvalue weighted by molar-refractivity contribution is 5.98. The van der Waals surface area contributed by atoms with E-state index >= 15 is 0 Å². The van der Waals surface area contributed by atoms with Crippen molar-refractivity contribution in [1.29, 1.82) is 0 Å². The molecule has 5 heteroatoms. The molecule has 2 aliphatic rings. The lowest BCUT2D eigenvalue weighted by atomic mass is 9.88. The van der Waals surface area contributed by atoms with Gasteiger partial charge >= 0.3 is 0 Å². The first-order valence-electron chi connectivity index (χ1n) is 9.40. The number of Topliss-reactive ketones (excluding diaryl/α,β-unsaturated/α-hetero) is 1. The maximum Gasteiger partial charge on any atom is 0.226 e. The Bertz CT molecular complexity index is 856. The molecule has 1 N–H and O–H groups in total. The number of hydrogen-bond acceptors (Lipinski definition) is 3. The van der Waals surface area contributed by atoms with Gasteiger partial charge in [0.2, 0.25) is 5.91 Å². The molecule has 2 aromatic carbocycles. The number of piperidine rings is 1. The second kappa shape index (κ2) is 7.14. The molecule has 1 amide bonds. The first kappa shape index (κ1) is 17.7. The van der Waals surface area contributed by atoms with E-state index in [0.29, 0.717) is 31.5 Å². The monoisotopic (exact) mass is 367 g/mol. The van der Waals surface area contributed by atoms with Gasteiger partial charge in [-0.3, -0.25) is 9.59 Å². The van der Waals surface area contributed by atoms with E-state index in [9.17, 15) is 19.1 Å². The van der Waals surface area contributed by atoms with Gasteiger partial charge in [0.05, 0.1) is 0 Å². The number of rotatable bonds is 4. The van der Waals surface area contributed by atoms with Gasteiger partial charge in [0, 0.05) is 30.5 Å². The Morgan fingerprint density at radius 1 is 1.04 bits per heavy atom. The molecule has 0 aromatic heterocycles. The van der Waals surface area contributed by atoms with Crippen molar-refractivity contribution in [3.8, 4) is 5.75 Å². The summed E-state index contributed by atoms with van der Waals surface area (Å²) in [6.45, 7) is 1.17. The van der Waals surface area contributed by atoms with Crippen LogP contribution in [0.2, 0.25) is 0 Å². The normalized spacial score (nSPS) is 22.5. The Kier molecular flexibility index (Phi) is 4.68. The molecule has 2 unspecified atom stereocenters. The molecule has 1 saturated heterocycles. The summed E-state index contributed by atoms with van der Waals surface area (Å²) in [6.07, 6.45) is 2.08. The molecule has 4 rings (SSSR count). The molecule has 2 fully saturated rings. The van der Waals surface area contributed by atoms with E-state index in [1.165, 1.54) is 24.3 Å². The van der Waals surface area contributed by atoms with E-state index in [0.717, 1.165) is 12.0 Å². The van der Waals surface area contributed by atoms with Crippen LogP contribution in [0, 0.1) is 17.7 Å². The van der Waals surface area contributed by atoms with Gasteiger partial charge in [-0.05, 0) is 67.1 Å². The fraction of sp³-hybridized carbons (Fsp3) is 0.364. The summed E-state index contributed by atoms with van der Waals surface area (Å²) in [5.41, 5.74) is 1.50. The molecule has 1 aliphatic carbocycles. The summed E-state index contributed by atoms with van der Waals surface area (Å²) < 4.78 is 13.4. The van der Waals surface area contributed by atoms with Crippen molar-refractivity contribution in [2.45, 2.75) is 25.2 Å². The van der Waals surface area contributed by atoms with Crippen LogP contribution in [0.5, 0.6) is 5.75 Å². The summed E-state index contributed by atoms with van der Waals surface area (Å²) in [5.74, 6) is 0.0480. The second-order valence-electron chi connectivity index (χ2n) is 7.51. The lowest BCUT2D eigenvalue weighted by Crippen LogP contribution is -2.41. The largest absolute Gasteiger partial charge is 0.508 e. The molecule has 4 nitrogen and oxygen atoms in total. The maximum atomic E-state index is 13.4. The number of benzene rings is 2. The molecule has 0 radical (unpaired) electrons. The van der Waals surface area contributed by atoms with Crippen LogP contribution in [0.1, 0.15) is 41.1 Å². The minimum Gasteiger partial charge on any atom is -0.508 e. The molecule has 140 valence electrons. The number of carbonyl (C=O) groups is 2. The van der Waals surface area contributed by atoms with Crippen LogP contribution in [0.25, 0.3) is 0 Å². The number of hydrogen-bond donors (Lipinski definition) is 1. The predicted molar refractivity (Wildman–Crippen MR) is 99.0 cm³/mol. The first-order chi connectivity index (χ1) is 13.0. The first-order valence-corrected chi connectivity index (χ1v) is 9.40. The number of likely N-dealkylation sites (tertiary alicyclic amines) is 1. The summed E-state index contributed by atoms with van der Waals surface area (Å²) in [5, 5.41) is 9.35. The summed E-state index contributed by atoms with van der Waals surface area (Å²) in [7, 11) is 0. The number of halogens is 1. The highest BCUT2D eigenvalue weighted by Crippen LogP contribution is 2.48. The summed E-state index contributed by atoms with van der Waals surface area (Å²) >= 11 is 0. The van der Waals surface area contributed by atoms with Gasteiger partial charge in [0.1, 0.15) is 11.6 Å². The molecule has 0 bridgehead atoms. The number of amides is 1. The topological polar surface area (TPSA) is 57.6 Å². The number of aromatic hydroxyl groups is 1. The molecular weight excluding hydrogens is 345 g/mol. The minimum atomic E-state index is -0.265. The highest BCUT2D eigenvalue weighted by Gasteiger charge is 2.46. The average molecular weight is 367 g/mol. The lowest BCUT2D eigenvalue weighted by Gasteiger charge is -2.31. The third-order valence-corrected chi connectivity index (χ3v) is 5.71. The Morgan fingerprint density at radius 3 is 2.41 bits per heavy atom. The number of phenolic OH excluding ortho intramolecular Hbond substituents is 1. The highest BCUT2D eigenvalue weighted by atomic mass is 19.1. The maximum absolute atomic E-state index is 13.4. The fourth-order valence-corrected chi connectivity index (χ4v) is 4.03. The van der Waals surface area contributed by atoms with Crippen molar-refractivity contribution < 1.29 is 19.1 Å². The predicted octanol–water partition coefficient (Wildman–Crippen LogP) is 3.76. The standard InChI is InChI=1S/C22H22FNO3/c23-17-3-1-2-16(12-17)19-13-20(19)22(27)24-10-8-15(9-11-24)21(26)14-4-6-18(25)7-5-14/h1-7,12,15,19-20,25H,8-11,13H2. The van der Waals surface area contributed by atoms with Crippen molar-refractivity contribution in [1.82, 2.24) is 4.90 Å². The van der Waals surface area contributed by atoms with Gasteiger partial charge in [-0.2, -0.15) is 0 Å². The Labute approximate surface area is 157 Å². The van der Waals surface area contributed by atoms with Crippen LogP contribution in [0.15, 0.2) is 48.5 Å². The van der Waals surface area contributed by atoms with E-state index in [-0.39, 0.29) is 41.0 Å². The molecule has 1 saturated carbocycles. The molecule has 1 heterocycles. The number of ketones is 1. The van der Waals surface area contributed by atoms with Gasteiger partial charge in [0.15, 0.2) is 5.78 Å². The zero-order valence-electron chi connectivity index (χ0n) is 15.0. The second-order valence-corrected chi connectivity index (χ2v) is 7.51. The van der Waals surface area contributed by atoms with Crippen LogP contribution in [0.3, 0.4) is 0 Å². The number of carbonyl (C=O) groups excluding carboxylic acids is 2. The lowest BCUT2D eigenvalue weighted by molar-refractivity contribution is -0.133. The van der Waals surface area contributed by atoms with Crippen molar-refractivity contribution in [2.24, 2.45) is 11.8 Å². The molecule has 1 aliphatic heterocycles. The van der Waals surface area contributed by atoms with Gasteiger partial charge in [0.25, 0.3) is 0 Å². The van der Waals surface area contributed by atoms with E-state index in [1.807, 2.05) is 11.0 Å². The molecule has 2 atom stereocenters. The molecule has 0 spiro atoms. The van der Waals surface area contributed by atoms with Gasteiger partial charge < -0.3 is 10.0 Å². The van der Waals surface area contributed by atoms with E-state index < -0.39 is 0 Å². The van der Waals surface area contributed by atoms with E-state index in [4.69, 9.17) is 0 Å². The van der Waals surface area contributed by atoms with Gasteiger partial charge in [-0.1, -0.05) is 12.1 Å². The van der Waals surface area contributed by atoms with Crippen LogP contribution in [0.4, 0.5) is 4.39 Å². The van der Waals surface area contributed by atoms with E-state index in [1.54, 1.807) is 18.2 Å². The van der Waals surface area contributed by atoms with Crippen molar-refractivity contribution in [3.63, 3.8) is 0 Å². The molecule has 2 aromatic rings. The van der Waals surface area contributed by atoms with E-state index in [2.05, 4.69) is 0 Å². The van der Waals surface area contributed by atoms with Crippen LogP contribution in [-0.4, -0.2) is 34.8 Å². The quantitative estimate of drug-likeness (QED) is 0.837. The summed E-state index contributed by atoms with van der Waals surface area (Å²) in [6, 6.07) is 12.8. The van der Waals surface area contributed by atoms with Gasteiger partial charge in [-0.25, -0.2) is 4.39 Å². The Morgan fingerprint density at radius 2 is 1.74 bits per heavy atom. The van der Waals surface area contributed by atoms with Crippen molar-refractivity contribution >= 4 is 11.7 Å². The zero-order chi connectivity index (χ0) is 19.0. The zero-order valence-corrected chi connectivity index (χ0v) is 15.0. The third-order valence-electron chi connectivity index (χ3n) is 5.71. The van der Waals surface area contributed by atoms with Crippen LogP contribution in [-0.2, 0) is 4.79 Å². The van der Waals surface area contributed by atoms with Crippen molar-refractivity contribution in [3.05, 3.63) is 65.5 Å².